The van der Waals surface area contributed by atoms with Gasteiger partial charge in [0.25, 0.3) is 0 Å². The molecule has 0 bridgehead atoms. The summed E-state index contributed by atoms with van der Waals surface area (Å²) >= 11 is 0. The molecule has 3 rings (SSSR count). The van der Waals surface area contributed by atoms with Gasteiger partial charge in [-0.25, -0.2) is 13.1 Å². The van der Waals surface area contributed by atoms with Crippen LogP contribution < -0.4 is 10.0 Å². The van der Waals surface area contributed by atoms with Crippen LogP contribution in [0.25, 0.3) is 10.8 Å². The number of benzene rings is 2. The largest absolute Gasteiger partial charge is 0.314 e. The topological polar surface area (TPSA) is 58.2 Å². The second kappa shape index (κ2) is 7.42. The SMILES string of the molecule is Cl.O=S(=O)(NCC[C@H]1CCCN1)c1cccc2ccccc12. The Morgan fingerprint density at radius 1 is 1.14 bits per heavy atom. The lowest BCUT2D eigenvalue weighted by molar-refractivity contribution is 0.540. The predicted molar refractivity (Wildman–Crippen MR) is 92.0 cm³/mol. The van der Waals surface area contributed by atoms with Crippen LogP contribution in [0.4, 0.5) is 0 Å². The molecule has 6 heteroatoms. The summed E-state index contributed by atoms with van der Waals surface area (Å²) < 4.78 is 27.7. The Morgan fingerprint density at radius 3 is 2.68 bits per heavy atom. The van der Waals surface area contributed by atoms with E-state index >= 15 is 0 Å². The van der Waals surface area contributed by atoms with Crippen molar-refractivity contribution < 1.29 is 8.42 Å². The molecule has 0 aliphatic carbocycles. The van der Waals surface area contributed by atoms with Gasteiger partial charge in [-0.05, 0) is 37.3 Å². The van der Waals surface area contributed by atoms with E-state index in [1.54, 1.807) is 12.1 Å². The van der Waals surface area contributed by atoms with Gasteiger partial charge in [0.1, 0.15) is 0 Å². The number of rotatable bonds is 5. The molecular weight excluding hydrogens is 320 g/mol. The van der Waals surface area contributed by atoms with E-state index in [1.807, 2.05) is 30.3 Å². The molecule has 2 aromatic rings. The maximum absolute atomic E-state index is 12.5. The van der Waals surface area contributed by atoms with E-state index in [9.17, 15) is 8.42 Å². The summed E-state index contributed by atoms with van der Waals surface area (Å²) in [4.78, 5) is 0.361. The molecule has 0 aromatic heterocycles. The van der Waals surface area contributed by atoms with Crippen LogP contribution in [0.15, 0.2) is 47.4 Å². The third-order valence-corrected chi connectivity index (χ3v) is 5.51. The van der Waals surface area contributed by atoms with Crippen LogP contribution in [0.5, 0.6) is 0 Å². The molecule has 0 radical (unpaired) electrons. The van der Waals surface area contributed by atoms with Crippen molar-refractivity contribution in [2.24, 2.45) is 0 Å². The first-order chi connectivity index (χ1) is 10.2. The summed E-state index contributed by atoms with van der Waals surface area (Å²) in [6.07, 6.45) is 3.15. The number of nitrogens with one attached hydrogen (secondary N) is 2. The van der Waals surface area contributed by atoms with E-state index in [0.29, 0.717) is 17.5 Å². The molecule has 22 heavy (non-hydrogen) atoms. The lowest BCUT2D eigenvalue weighted by atomic mass is 10.1. The minimum absolute atomic E-state index is 0. The van der Waals surface area contributed by atoms with Crippen LogP contribution in [0.3, 0.4) is 0 Å². The highest BCUT2D eigenvalue weighted by molar-refractivity contribution is 7.89. The fourth-order valence-corrected chi connectivity index (χ4v) is 4.15. The fraction of sp³-hybridized carbons (Fsp3) is 0.375. The van der Waals surface area contributed by atoms with Crippen LogP contribution in [-0.4, -0.2) is 27.5 Å². The monoisotopic (exact) mass is 340 g/mol. The molecule has 4 nitrogen and oxygen atoms in total. The van der Waals surface area contributed by atoms with Gasteiger partial charge < -0.3 is 5.32 Å². The van der Waals surface area contributed by atoms with Crippen LogP contribution in [0.2, 0.25) is 0 Å². The molecule has 0 spiro atoms. The first-order valence-electron chi connectivity index (χ1n) is 7.38. The number of fused-ring (bicyclic) bond motifs is 1. The molecular formula is C16H21ClN2O2S. The first-order valence-corrected chi connectivity index (χ1v) is 8.86. The van der Waals surface area contributed by atoms with Crippen molar-refractivity contribution in [3.63, 3.8) is 0 Å². The van der Waals surface area contributed by atoms with Crippen molar-refractivity contribution >= 4 is 33.2 Å². The molecule has 0 saturated carbocycles. The second-order valence-electron chi connectivity index (χ2n) is 5.46. The smallest absolute Gasteiger partial charge is 0.241 e. The number of halogens is 1. The summed E-state index contributed by atoms with van der Waals surface area (Å²) in [5, 5.41) is 5.09. The Labute approximate surface area is 137 Å². The average molecular weight is 341 g/mol. The molecule has 0 amide bonds. The van der Waals surface area contributed by atoms with Gasteiger partial charge >= 0.3 is 0 Å². The van der Waals surface area contributed by atoms with Crippen molar-refractivity contribution in [2.45, 2.75) is 30.2 Å². The molecule has 0 unspecified atom stereocenters. The lowest BCUT2D eigenvalue weighted by Gasteiger charge is -2.12. The van der Waals surface area contributed by atoms with E-state index < -0.39 is 10.0 Å². The zero-order chi connectivity index (χ0) is 14.7. The fourth-order valence-electron chi connectivity index (χ4n) is 2.88. The Hall–Kier alpha value is -1.14. The second-order valence-corrected chi connectivity index (χ2v) is 7.19. The van der Waals surface area contributed by atoms with Gasteiger partial charge in [-0.15, -0.1) is 12.4 Å². The standard InChI is InChI=1S/C16H20N2O2S.ClH/c19-21(20,18-12-10-14-7-4-11-17-14)16-9-3-6-13-5-1-2-8-15(13)16;/h1-3,5-6,8-9,14,17-18H,4,7,10-12H2;1H/t14-;/m1./s1. The normalized spacial score (nSPS) is 18.3. The van der Waals surface area contributed by atoms with Gasteiger partial charge in [0, 0.05) is 18.0 Å². The van der Waals surface area contributed by atoms with Crippen LogP contribution in [0, 0.1) is 0 Å². The molecule has 1 aliphatic heterocycles. The Kier molecular flexibility index (Phi) is 5.81. The molecule has 2 N–H and O–H groups in total. The van der Waals surface area contributed by atoms with E-state index in [4.69, 9.17) is 0 Å². The molecule has 1 fully saturated rings. The molecule has 1 heterocycles. The van der Waals surface area contributed by atoms with Crippen molar-refractivity contribution in [2.75, 3.05) is 13.1 Å². The van der Waals surface area contributed by atoms with Gasteiger partial charge in [0.15, 0.2) is 0 Å². The molecule has 2 aromatic carbocycles. The van der Waals surface area contributed by atoms with Crippen LogP contribution >= 0.6 is 12.4 Å². The summed E-state index contributed by atoms with van der Waals surface area (Å²) in [7, 11) is -3.46. The van der Waals surface area contributed by atoms with Crippen LogP contribution in [-0.2, 0) is 10.0 Å². The summed E-state index contributed by atoms with van der Waals surface area (Å²) in [6.45, 7) is 1.52. The number of hydrogen-bond donors (Lipinski definition) is 2. The third-order valence-electron chi connectivity index (χ3n) is 3.99. The lowest BCUT2D eigenvalue weighted by Crippen LogP contribution is -2.30. The van der Waals surface area contributed by atoms with E-state index in [2.05, 4.69) is 10.0 Å². The van der Waals surface area contributed by atoms with Gasteiger partial charge in [-0.3, -0.25) is 0 Å². The summed E-state index contributed by atoms with van der Waals surface area (Å²) in [5.74, 6) is 0. The number of sulfonamides is 1. The zero-order valence-corrected chi connectivity index (χ0v) is 13.9. The third kappa shape index (κ3) is 3.79. The van der Waals surface area contributed by atoms with Crippen LogP contribution in [0.1, 0.15) is 19.3 Å². The molecule has 120 valence electrons. The molecule has 1 atom stereocenters. The van der Waals surface area contributed by atoms with Crippen molar-refractivity contribution in [3.8, 4) is 0 Å². The maximum atomic E-state index is 12.5. The predicted octanol–water partition coefficient (Wildman–Crippen LogP) is 2.68. The van der Waals surface area contributed by atoms with Crippen molar-refractivity contribution in [3.05, 3.63) is 42.5 Å². The minimum Gasteiger partial charge on any atom is -0.314 e. The Balaban J connectivity index is 0.00000176. The van der Waals surface area contributed by atoms with E-state index in [1.165, 1.54) is 6.42 Å². The van der Waals surface area contributed by atoms with Gasteiger partial charge in [0.2, 0.25) is 10.0 Å². The van der Waals surface area contributed by atoms with Gasteiger partial charge in [-0.1, -0.05) is 36.4 Å². The number of hydrogen-bond acceptors (Lipinski definition) is 3. The van der Waals surface area contributed by atoms with Crippen molar-refractivity contribution in [1.82, 2.24) is 10.0 Å². The quantitative estimate of drug-likeness (QED) is 0.879. The summed E-state index contributed by atoms with van der Waals surface area (Å²) in [5.41, 5.74) is 0. The van der Waals surface area contributed by atoms with Gasteiger partial charge in [-0.2, -0.15) is 0 Å². The van der Waals surface area contributed by atoms with E-state index in [0.717, 1.165) is 30.2 Å². The first kappa shape index (κ1) is 17.2. The summed E-state index contributed by atoms with van der Waals surface area (Å²) in [6, 6.07) is 13.4. The maximum Gasteiger partial charge on any atom is 0.241 e. The Bertz CT molecular complexity index is 723. The zero-order valence-electron chi connectivity index (χ0n) is 12.3. The highest BCUT2D eigenvalue weighted by atomic mass is 35.5. The molecule has 1 aliphatic rings. The van der Waals surface area contributed by atoms with Crippen molar-refractivity contribution in [1.29, 1.82) is 0 Å². The minimum atomic E-state index is -3.46. The highest BCUT2D eigenvalue weighted by Crippen LogP contribution is 2.22. The van der Waals surface area contributed by atoms with Gasteiger partial charge in [0.05, 0.1) is 4.90 Å². The average Bonchev–Trinajstić information content (AvgIpc) is 3.00. The molecule has 1 saturated heterocycles. The van der Waals surface area contributed by atoms with E-state index in [-0.39, 0.29) is 12.4 Å². The highest BCUT2D eigenvalue weighted by Gasteiger charge is 2.18. The Morgan fingerprint density at radius 2 is 1.91 bits per heavy atom.